The Kier molecular flexibility index (Phi) is 21.7. The monoisotopic (exact) mass is 1430 g/mol. The first-order chi connectivity index (χ1) is 49.4. The van der Waals surface area contributed by atoms with Gasteiger partial charge in [0.2, 0.25) is 0 Å². The molecule has 0 saturated heterocycles. The summed E-state index contributed by atoms with van der Waals surface area (Å²) in [7, 11) is 0. The number of aryl methyl sites for hydroxylation is 4. The number of aldehydes is 3. The van der Waals surface area contributed by atoms with Crippen LogP contribution in [0.1, 0.15) is 187 Å². The molecule has 0 fully saturated rings. The van der Waals surface area contributed by atoms with E-state index >= 15 is 0 Å². The number of hydrogen-bond donors (Lipinski definition) is 13. The molecule has 12 rings (SSSR count). The molecule has 2 heterocycles. The van der Waals surface area contributed by atoms with Crippen LogP contribution >= 0.6 is 0 Å². The van der Waals surface area contributed by atoms with Crippen LogP contribution in [0, 0.1) is 27.7 Å². The fourth-order valence-corrected chi connectivity index (χ4v) is 14.1. The first-order valence-electron chi connectivity index (χ1n) is 33.5. The Hall–Kier alpha value is -12.7. The molecule has 0 radical (unpaired) electrons. The average Bonchev–Trinajstić information content (AvgIpc) is 0.841. The quantitative estimate of drug-likeness (QED) is 0.0307. The Morgan fingerprint density at radius 3 is 0.924 bits per heavy atom. The minimum Gasteiger partial charge on any atom is -0.507 e. The van der Waals surface area contributed by atoms with E-state index in [1.807, 2.05) is 57.2 Å². The summed E-state index contributed by atoms with van der Waals surface area (Å²) < 4.78 is 0. The number of aliphatic carboxylic acids is 1. The summed E-state index contributed by atoms with van der Waals surface area (Å²) in [5.41, 5.74) is 5.68. The van der Waals surface area contributed by atoms with Crippen LogP contribution in [0.15, 0.2) is 101 Å². The minimum absolute atomic E-state index is 0.00153. The van der Waals surface area contributed by atoms with Crippen LogP contribution in [0.4, 0.5) is 11.4 Å². The number of carboxylic acid groups (broad SMARTS) is 1. The fraction of sp³-hybridized carbons (Fsp3) is 0.244. The van der Waals surface area contributed by atoms with E-state index in [0.29, 0.717) is 103 Å². The van der Waals surface area contributed by atoms with Gasteiger partial charge < -0.3 is 66.4 Å². The van der Waals surface area contributed by atoms with Crippen LogP contribution in [0.3, 0.4) is 0 Å². The van der Waals surface area contributed by atoms with Gasteiger partial charge in [0.1, 0.15) is 23.0 Å². The molecule has 105 heavy (non-hydrogen) atoms. The molecule has 0 bridgehead atoms. The van der Waals surface area contributed by atoms with Crippen LogP contribution in [0.25, 0.3) is 71.4 Å². The topological polar surface area (TPSA) is 397 Å². The number of aromatic hydroxyl groups is 12. The lowest BCUT2D eigenvalue weighted by atomic mass is 9.83. The van der Waals surface area contributed by atoms with E-state index < -0.39 is 75.1 Å². The lowest BCUT2D eigenvalue weighted by Crippen LogP contribution is -2.21. The average molecular weight is 1430 g/mol. The van der Waals surface area contributed by atoms with Crippen molar-refractivity contribution in [2.24, 2.45) is 10.2 Å². The zero-order valence-electron chi connectivity index (χ0n) is 60.5. The number of phenols is 12. The smallest absolute Gasteiger partial charge is 0.300 e. The molecule has 23 heteroatoms. The molecule has 10 aromatic rings. The van der Waals surface area contributed by atoms with Gasteiger partial charge in [-0.05, 0) is 139 Å². The third-order valence-corrected chi connectivity index (χ3v) is 18.6. The second-order valence-corrected chi connectivity index (χ2v) is 27.2. The summed E-state index contributed by atoms with van der Waals surface area (Å²) in [6.45, 7) is 25.8. The summed E-state index contributed by atoms with van der Waals surface area (Å²) in [6, 6.07) is 25.0. The number of hydrazone groups is 2. The molecule has 0 aliphatic carbocycles. The van der Waals surface area contributed by atoms with Crippen molar-refractivity contribution >= 4 is 109 Å². The van der Waals surface area contributed by atoms with Crippen LogP contribution in [0.2, 0.25) is 0 Å². The molecule has 0 unspecified atom stereocenters. The molecule has 544 valence electrons. The summed E-state index contributed by atoms with van der Waals surface area (Å²) >= 11 is 0. The number of rotatable bonds is 12. The van der Waals surface area contributed by atoms with Gasteiger partial charge in [-0.25, -0.2) is 5.01 Å². The van der Waals surface area contributed by atoms with Crippen molar-refractivity contribution in [3.8, 4) is 91.2 Å². The Labute approximate surface area is 603 Å². The maximum Gasteiger partial charge on any atom is 0.300 e. The number of phenolic OH excluding ortho intramolecular Hbond substituents is 12. The summed E-state index contributed by atoms with van der Waals surface area (Å²) in [6.07, 6.45) is 2.86. The molecule has 0 saturated carbocycles. The van der Waals surface area contributed by atoms with Crippen molar-refractivity contribution in [2.45, 2.75) is 134 Å². The second-order valence-electron chi connectivity index (χ2n) is 27.2. The van der Waals surface area contributed by atoms with E-state index in [4.69, 9.17) is 9.90 Å². The van der Waals surface area contributed by atoms with E-state index in [9.17, 15) is 85.3 Å². The number of hydrogen-bond acceptors (Lipinski definition) is 20. The number of para-hydroxylation sites is 2. The van der Waals surface area contributed by atoms with E-state index in [0.717, 1.165) is 18.3 Å². The first-order valence-corrected chi connectivity index (χ1v) is 33.5. The number of nitrogens with zero attached hydrogens (tertiary/aromatic N) is 4. The standard InChI is InChI=1S/C40H38N2O8.C30H30O8.C10H10N2O.C2H4O2/c1-17(2)28-24-13-19(5)30(31-20(6)14-25-29(18(3)4)39(49)35(45)27(16-43)33(25)37(31)47)36(46)32(24)26(34(44)38(28)48)15-23-21(7)41-42(40(23)50)22-11-9-8-10-12-22;1-11(2)19-15-7-13(5)21(27(35)23(15)17(9-31)25(33)29(19)37)22-14(6)8-16-20(12(3)4)30(38)26(34)18(10-32)24(16)28(22)36;1-8-7-10(13)12(11-8)9-5-3-2-4-6-9;1-2(3)4/h8-18,44-49H,1-7H3;7-12,33-38H,1-6H3;2-6H,7H2,1H3;1H3,(H,3,4)/b23-15-;;;. The first kappa shape index (κ1) is 76.5. The normalized spacial score (nSPS) is 13.2. The predicted octanol–water partition coefficient (Wildman–Crippen LogP) is 16.6. The van der Waals surface area contributed by atoms with Crippen LogP contribution in [0.5, 0.6) is 69.0 Å². The Morgan fingerprint density at radius 2 is 0.667 bits per heavy atom. The summed E-state index contributed by atoms with van der Waals surface area (Å²) in [4.78, 5) is 70.4. The minimum atomic E-state index is -0.833. The van der Waals surface area contributed by atoms with Gasteiger partial charge in [0.15, 0.2) is 64.9 Å². The third-order valence-electron chi connectivity index (χ3n) is 18.6. The highest BCUT2D eigenvalue weighted by Crippen LogP contribution is 2.58. The number of benzene rings is 10. The van der Waals surface area contributed by atoms with Gasteiger partial charge in [-0.15, -0.1) is 0 Å². The Morgan fingerprint density at radius 1 is 0.400 bits per heavy atom. The molecule has 0 spiro atoms. The number of carboxylic acids is 1. The van der Waals surface area contributed by atoms with Gasteiger partial charge in [0.25, 0.3) is 17.8 Å². The number of carbonyl (C=O) groups excluding carboxylic acids is 5. The van der Waals surface area contributed by atoms with Crippen LogP contribution in [-0.4, -0.2) is 114 Å². The Balaban J connectivity index is 0.000000203. The van der Waals surface area contributed by atoms with E-state index in [1.165, 1.54) is 16.1 Å². The van der Waals surface area contributed by atoms with Crippen molar-refractivity contribution in [3.63, 3.8) is 0 Å². The molecule has 2 aliphatic heterocycles. The van der Waals surface area contributed by atoms with Crippen molar-refractivity contribution in [2.75, 3.05) is 10.0 Å². The van der Waals surface area contributed by atoms with Gasteiger partial charge in [-0.1, -0.05) is 116 Å². The second kappa shape index (κ2) is 29.7. The highest BCUT2D eigenvalue weighted by molar-refractivity contribution is 6.33. The molecule has 23 nitrogen and oxygen atoms in total. The number of carbonyl (C=O) groups is 6. The van der Waals surface area contributed by atoms with Gasteiger partial charge >= 0.3 is 0 Å². The zero-order valence-corrected chi connectivity index (χ0v) is 60.5. The summed E-state index contributed by atoms with van der Waals surface area (Å²) in [5.74, 6) is -8.29. The van der Waals surface area contributed by atoms with Crippen molar-refractivity contribution in [3.05, 3.63) is 157 Å². The maximum atomic E-state index is 13.7. The van der Waals surface area contributed by atoms with Gasteiger partial charge in [-0.3, -0.25) is 28.8 Å². The molecular weight excluding hydrogens is 1340 g/mol. The van der Waals surface area contributed by atoms with E-state index in [2.05, 4.69) is 10.2 Å². The number of amides is 2. The van der Waals surface area contributed by atoms with Gasteiger partial charge in [0, 0.05) is 84.3 Å². The molecule has 2 aliphatic rings. The Bertz CT molecular complexity index is 5290. The SMILES string of the molecule is CC(=O)O.CC1=NN(c2ccccc2)C(=O)/C1=C\c1c(O)c(O)c(C(C)C)c2cc(C)c(-c3c(C)cc4c(C(C)C)c(O)c(O)c(C=O)c4c3O)c(O)c12.CC1=NN(c2ccccc2)C(=O)C1.Cc1cc2c(C(C)C)c(O)c(O)c(C=O)c2c(O)c1-c1c(C)cc2c(C(C)C)c(O)c(O)c(C=O)c2c1O. The lowest BCUT2D eigenvalue weighted by molar-refractivity contribution is -0.134. The van der Waals surface area contributed by atoms with Crippen LogP contribution in [-0.2, 0) is 14.4 Å². The van der Waals surface area contributed by atoms with Crippen molar-refractivity contribution in [1.29, 1.82) is 0 Å². The highest BCUT2D eigenvalue weighted by Gasteiger charge is 2.35. The lowest BCUT2D eigenvalue weighted by Gasteiger charge is -2.23. The van der Waals surface area contributed by atoms with Crippen molar-refractivity contribution < 1.29 is 95.2 Å². The van der Waals surface area contributed by atoms with Gasteiger partial charge in [0.05, 0.1) is 45.8 Å². The molecule has 13 N–H and O–H groups in total. The van der Waals surface area contributed by atoms with Crippen LogP contribution < -0.4 is 10.0 Å². The number of anilines is 2. The van der Waals surface area contributed by atoms with E-state index in [1.54, 1.807) is 125 Å². The van der Waals surface area contributed by atoms with Gasteiger partial charge in [-0.2, -0.15) is 15.2 Å². The fourth-order valence-electron chi connectivity index (χ4n) is 14.1. The summed E-state index contributed by atoms with van der Waals surface area (Å²) in [5, 5.41) is 155. The molecule has 10 aromatic carbocycles. The largest absolute Gasteiger partial charge is 0.507 e. The third kappa shape index (κ3) is 13.4. The van der Waals surface area contributed by atoms with Crippen molar-refractivity contribution in [1.82, 2.24) is 0 Å². The number of fused-ring (bicyclic) bond motifs is 4. The maximum absolute atomic E-state index is 13.7. The molecule has 0 aromatic heterocycles. The molecule has 2 amide bonds. The molecule has 0 atom stereocenters. The predicted molar refractivity (Wildman–Crippen MR) is 405 cm³/mol. The zero-order chi connectivity index (χ0) is 77.7. The highest BCUT2D eigenvalue weighted by atomic mass is 16.4. The molecular formula is C82H82N4O19. The van der Waals surface area contributed by atoms with E-state index in [-0.39, 0.29) is 107 Å².